The van der Waals surface area contributed by atoms with Gasteiger partial charge in [-0.3, -0.25) is 0 Å². The first-order chi connectivity index (χ1) is 8.69. The number of rotatable bonds is 5. The normalized spacial score (nSPS) is 25.9. The van der Waals surface area contributed by atoms with Gasteiger partial charge in [-0.05, 0) is 38.5 Å². The summed E-state index contributed by atoms with van der Waals surface area (Å²) in [5, 5.41) is 11.0. The number of anilines is 1. The number of hydrogen-bond donors (Lipinski definition) is 1. The first-order valence-electron chi connectivity index (χ1n) is 6.93. The molecule has 0 aromatic carbocycles. The Balaban J connectivity index is 1.80. The number of nitrogens with one attached hydrogen (secondary N) is 1. The van der Waals surface area contributed by atoms with E-state index in [9.17, 15) is 0 Å². The molecule has 0 radical (unpaired) electrons. The SMILES string of the molecule is CCCC1CCC(Nc2nnc(C(C)Cl)o2)CC1. The minimum Gasteiger partial charge on any atom is -0.406 e. The maximum atomic E-state index is 5.89. The molecule has 18 heavy (non-hydrogen) atoms. The van der Waals surface area contributed by atoms with Crippen molar-refractivity contribution < 1.29 is 4.42 Å². The Bertz CT molecular complexity index is 359. The van der Waals surface area contributed by atoms with Gasteiger partial charge in [0.15, 0.2) is 0 Å². The van der Waals surface area contributed by atoms with E-state index in [1.165, 1.54) is 38.5 Å². The van der Waals surface area contributed by atoms with Gasteiger partial charge in [-0.25, -0.2) is 0 Å². The summed E-state index contributed by atoms with van der Waals surface area (Å²) in [4.78, 5) is 0. The third-order valence-electron chi connectivity index (χ3n) is 3.65. The predicted octanol–water partition coefficient (Wildman–Crippen LogP) is 4.14. The maximum absolute atomic E-state index is 5.89. The Morgan fingerprint density at radius 1 is 1.33 bits per heavy atom. The molecule has 0 aliphatic heterocycles. The second kappa shape index (κ2) is 6.41. The van der Waals surface area contributed by atoms with E-state index in [-0.39, 0.29) is 5.38 Å². The fraction of sp³-hybridized carbons (Fsp3) is 0.846. The minimum atomic E-state index is -0.228. The number of nitrogens with zero attached hydrogens (tertiary/aromatic N) is 2. The number of aromatic nitrogens is 2. The first kappa shape index (κ1) is 13.7. The fourth-order valence-corrected chi connectivity index (χ4v) is 2.72. The third kappa shape index (κ3) is 3.61. The Labute approximate surface area is 113 Å². The Morgan fingerprint density at radius 2 is 2.06 bits per heavy atom. The summed E-state index contributed by atoms with van der Waals surface area (Å²) in [5.74, 6) is 1.40. The largest absolute Gasteiger partial charge is 0.406 e. The molecule has 1 saturated carbocycles. The highest BCUT2D eigenvalue weighted by molar-refractivity contribution is 6.20. The van der Waals surface area contributed by atoms with Crippen molar-refractivity contribution in [3.05, 3.63) is 5.89 Å². The van der Waals surface area contributed by atoms with Crippen LogP contribution < -0.4 is 5.32 Å². The second-order valence-corrected chi connectivity index (χ2v) is 5.87. The van der Waals surface area contributed by atoms with E-state index in [2.05, 4.69) is 22.4 Å². The zero-order chi connectivity index (χ0) is 13.0. The monoisotopic (exact) mass is 271 g/mol. The van der Waals surface area contributed by atoms with Crippen molar-refractivity contribution in [1.82, 2.24) is 10.2 Å². The molecule has 102 valence electrons. The summed E-state index contributed by atoms with van der Waals surface area (Å²) < 4.78 is 5.46. The van der Waals surface area contributed by atoms with Gasteiger partial charge in [0.2, 0.25) is 5.89 Å². The standard InChI is InChI=1S/C13H22ClN3O/c1-3-4-10-5-7-11(8-6-10)15-13-17-16-12(18-13)9(2)14/h9-11H,3-8H2,1-2H3,(H,15,17). The molecule has 0 saturated heterocycles. The summed E-state index contributed by atoms with van der Waals surface area (Å²) in [6, 6.07) is 0.980. The summed E-state index contributed by atoms with van der Waals surface area (Å²) >= 11 is 5.89. The second-order valence-electron chi connectivity index (χ2n) is 5.21. The van der Waals surface area contributed by atoms with Crippen molar-refractivity contribution in [2.24, 2.45) is 5.92 Å². The van der Waals surface area contributed by atoms with E-state index in [0.29, 0.717) is 17.9 Å². The van der Waals surface area contributed by atoms with Gasteiger partial charge in [0.25, 0.3) is 0 Å². The molecular formula is C13H22ClN3O. The van der Waals surface area contributed by atoms with Gasteiger partial charge < -0.3 is 9.73 Å². The molecule has 1 aliphatic rings. The van der Waals surface area contributed by atoms with Crippen molar-refractivity contribution in [1.29, 1.82) is 0 Å². The van der Waals surface area contributed by atoms with Crippen LogP contribution in [0, 0.1) is 5.92 Å². The first-order valence-corrected chi connectivity index (χ1v) is 7.36. The van der Waals surface area contributed by atoms with E-state index in [4.69, 9.17) is 16.0 Å². The highest BCUT2D eigenvalue weighted by Gasteiger charge is 2.22. The Hall–Kier alpha value is -0.770. The van der Waals surface area contributed by atoms with Gasteiger partial charge in [0.1, 0.15) is 5.38 Å². The van der Waals surface area contributed by atoms with Gasteiger partial charge in [-0.2, -0.15) is 0 Å². The highest BCUT2D eigenvalue weighted by atomic mass is 35.5. The van der Waals surface area contributed by atoms with E-state index < -0.39 is 0 Å². The quantitative estimate of drug-likeness (QED) is 0.818. The number of hydrogen-bond acceptors (Lipinski definition) is 4. The smallest absolute Gasteiger partial charge is 0.315 e. The molecule has 1 heterocycles. The minimum absolute atomic E-state index is 0.228. The average molecular weight is 272 g/mol. The molecule has 1 unspecified atom stereocenters. The van der Waals surface area contributed by atoms with Crippen molar-refractivity contribution in [3.8, 4) is 0 Å². The maximum Gasteiger partial charge on any atom is 0.315 e. The van der Waals surface area contributed by atoms with Crippen LogP contribution in [0.3, 0.4) is 0 Å². The number of alkyl halides is 1. The van der Waals surface area contributed by atoms with Crippen molar-refractivity contribution in [3.63, 3.8) is 0 Å². The van der Waals surface area contributed by atoms with Crippen LogP contribution in [0.2, 0.25) is 0 Å². The van der Waals surface area contributed by atoms with Gasteiger partial charge in [-0.15, -0.1) is 16.7 Å². The molecule has 0 amide bonds. The zero-order valence-electron chi connectivity index (χ0n) is 11.2. The van der Waals surface area contributed by atoms with Gasteiger partial charge in [0, 0.05) is 6.04 Å². The van der Waals surface area contributed by atoms with Gasteiger partial charge in [0.05, 0.1) is 0 Å². The lowest BCUT2D eigenvalue weighted by atomic mass is 9.83. The molecule has 2 rings (SSSR count). The van der Waals surface area contributed by atoms with Crippen LogP contribution in [0.1, 0.15) is 63.6 Å². The summed E-state index contributed by atoms with van der Waals surface area (Å²) in [7, 11) is 0. The predicted molar refractivity (Wildman–Crippen MR) is 72.8 cm³/mol. The van der Waals surface area contributed by atoms with Crippen LogP contribution in [0.25, 0.3) is 0 Å². The van der Waals surface area contributed by atoms with Crippen LogP contribution in [0.15, 0.2) is 4.42 Å². The molecule has 1 N–H and O–H groups in total. The molecule has 5 heteroatoms. The lowest BCUT2D eigenvalue weighted by Gasteiger charge is -2.28. The number of halogens is 1. The van der Waals surface area contributed by atoms with E-state index >= 15 is 0 Å². The van der Waals surface area contributed by atoms with Crippen molar-refractivity contribution >= 4 is 17.6 Å². The molecule has 1 atom stereocenters. The van der Waals surface area contributed by atoms with Gasteiger partial charge >= 0.3 is 6.01 Å². The van der Waals surface area contributed by atoms with Crippen molar-refractivity contribution in [2.75, 3.05) is 5.32 Å². The lowest BCUT2D eigenvalue weighted by Crippen LogP contribution is -2.26. The highest BCUT2D eigenvalue weighted by Crippen LogP contribution is 2.29. The summed E-state index contributed by atoms with van der Waals surface area (Å²) in [6.07, 6.45) is 7.65. The lowest BCUT2D eigenvalue weighted by molar-refractivity contribution is 0.315. The molecule has 0 spiro atoms. The molecule has 1 aromatic rings. The summed E-state index contributed by atoms with van der Waals surface area (Å²) in [5.41, 5.74) is 0. The van der Waals surface area contributed by atoms with Crippen LogP contribution >= 0.6 is 11.6 Å². The van der Waals surface area contributed by atoms with Crippen molar-refractivity contribution in [2.45, 2.75) is 63.8 Å². The van der Waals surface area contributed by atoms with Crippen LogP contribution in [-0.4, -0.2) is 16.2 Å². The van der Waals surface area contributed by atoms with E-state index in [0.717, 1.165) is 5.92 Å². The molecule has 1 aliphatic carbocycles. The van der Waals surface area contributed by atoms with E-state index in [1.54, 1.807) is 0 Å². The van der Waals surface area contributed by atoms with Crippen LogP contribution in [0.4, 0.5) is 6.01 Å². The third-order valence-corrected chi connectivity index (χ3v) is 3.84. The zero-order valence-corrected chi connectivity index (χ0v) is 11.9. The molecule has 1 fully saturated rings. The van der Waals surface area contributed by atoms with Gasteiger partial charge in [-0.1, -0.05) is 24.9 Å². The Morgan fingerprint density at radius 3 is 2.61 bits per heavy atom. The topological polar surface area (TPSA) is 51.0 Å². The van der Waals surface area contributed by atoms with Crippen LogP contribution in [-0.2, 0) is 0 Å². The van der Waals surface area contributed by atoms with Crippen LogP contribution in [0.5, 0.6) is 0 Å². The van der Waals surface area contributed by atoms with E-state index in [1.807, 2.05) is 6.92 Å². The molecule has 4 nitrogen and oxygen atoms in total. The molecule has 0 bridgehead atoms. The average Bonchev–Trinajstić information content (AvgIpc) is 2.81. The Kier molecular flexibility index (Phi) is 4.87. The molecule has 1 aromatic heterocycles. The molecular weight excluding hydrogens is 250 g/mol. The fourth-order valence-electron chi connectivity index (χ4n) is 2.63. The summed E-state index contributed by atoms with van der Waals surface area (Å²) in [6.45, 7) is 4.09.